The fourth-order valence-electron chi connectivity index (χ4n) is 6.29. The first kappa shape index (κ1) is 20.7. The second-order valence-corrected chi connectivity index (χ2v) is 11.2. The van der Waals surface area contributed by atoms with Crippen LogP contribution in [0, 0.1) is 10.8 Å². The number of oxazole rings is 1. The summed E-state index contributed by atoms with van der Waals surface area (Å²) in [7, 11) is 0. The van der Waals surface area contributed by atoms with Gasteiger partial charge < -0.3 is 14.2 Å². The molecule has 0 unspecified atom stereocenters. The average Bonchev–Trinajstić information content (AvgIpc) is 3.19. The number of rotatable bonds is 4. The Kier molecular flexibility index (Phi) is 4.10. The van der Waals surface area contributed by atoms with Crippen LogP contribution in [0.5, 0.6) is 0 Å². The van der Waals surface area contributed by atoms with E-state index >= 15 is 0 Å². The Morgan fingerprint density at radius 1 is 1.06 bits per heavy atom. The SMILES string of the molecule is O=C(N1CC2(CC(n3cnc(C4CC4)n3)C2)C1)N1CC2(CN(Cc3nc(C(F)(F)F)co3)C2)C1. The minimum absolute atomic E-state index is 0.0611. The fourth-order valence-corrected chi connectivity index (χ4v) is 6.29. The Bertz CT molecular complexity index is 1110. The van der Waals surface area contributed by atoms with Crippen molar-refractivity contribution in [1.82, 2.24) is 34.4 Å². The maximum absolute atomic E-state index is 12.8. The van der Waals surface area contributed by atoms with Gasteiger partial charge in [0.25, 0.3) is 0 Å². The smallest absolute Gasteiger partial charge is 0.436 e. The van der Waals surface area contributed by atoms with Gasteiger partial charge in [0.05, 0.1) is 12.6 Å². The minimum Gasteiger partial charge on any atom is -0.447 e. The molecule has 12 heteroatoms. The quantitative estimate of drug-likeness (QED) is 0.674. The van der Waals surface area contributed by atoms with E-state index in [1.165, 1.54) is 12.8 Å². The van der Waals surface area contributed by atoms with Crippen LogP contribution in [0.2, 0.25) is 0 Å². The Hall–Kier alpha value is -2.63. The van der Waals surface area contributed by atoms with Crippen molar-refractivity contribution in [3.8, 4) is 0 Å². The van der Waals surface area contributed by atoms with E-state index in [-0.39, 0.29) is 29.3 Å². The molecule has 0 N–H and O–H groups in total. The van der Waals surface area contributed by atoms with Crippen molar-refractivity contribution >= 4 is 6.03 Å². The second-order valence-electron chi connectivity index (χ2n) is 11.2. The van der Waals surface area contributed by atoms with Crippen LogP contribution >= 0.6 is 0 Å². The van der Waals surface area contributed by atoms with E-state index in [0.717, 1.165) is 44.8 Å². The predicted molar refractivity (Wildman–Crippen MR) is 110 cm³/mol. The molecule has 0 atom stereocenters. The molecular formula is C22H26F3N7O2. The lowest BCUT2D eigenvalue weighted by molar-refractivity contribution is -0.141. The Balaban J connectivity index is 0.844. The molecule has 5 heterocycles. The fraction of sp³-hybridized carbons (Fsp3) is 0.727. The van der Waals surface area contributed by atoms with Gasteiger partial charge in [0.15, 0.2) is 11.5 Å². The van der Waals surface area contributed by atoms with E-state index in [1.54, 1.807) is 0 Å². The molecule has 2 aromatic rings. The summed E-state index contributed by atoms with van der Waals surface area (Å²) in [5, 5.41) is 4.65. The highest BCUT2D eigenvalue weighted by molar-refractivity contribution is 5.77. The van der Waals surface area contributed by atoms with E-state index < -0.39 is 11.9 Å². The number of amides is 2. The number of likely N-dealkylation sites (tertiary alicyclic amines) is 3. The molecule has 2 spiro atoms. The summed E-state index contributed by atoms with van der Waals surface area (Å²) in [4.78, 5) is 26.7. The topological polar surface area (TPSA) is 83.5 Å². The van der Waals surface area contributed by atoms with E-state index in [1.807, 2.05) is 25.7 Å². The second kappa shape index (κ2) is 6.73. The summed E-state index contributed by atoms with van der Waals surface area (Å²) in [5.74, 6) is 1.63. The number of hydrogen-bond acceptors (Lipinski definition) is 6. The Labute approximate surface area is 193 Å². The van der Waals surface area contributed by atoms with Gasteiger partial charge in [0.1, 0.15) is 12.6 Å². The van der Waals surface area contributed by atoms with E-state index in [2.05, 4.69) is 15.1 Å². The van der Waals surface area contributed by atoms with Gasteiger partial charge >= 0.3 is 12.2 Å². The number of nitrogens with zero attached hydrogens (tertiary/aromatic N) is 7. The van der Waals surface area contributed by atoms with Crippen molar-refractivity contribution in [3.63, 3.8) is 0 Å². The molecule has 0 radical (unpaired) electrons. The molecule has 5 aliphatic rings. The van der Waals surface area contributed by atoms with Crippen LogP contribution in [0.15, 0.2) is 17.0 Å². The van der Waals surface area contributed by atoms with Crippen LogP contribution in [0.25, 0.3) is 0 Å². The summed E-state index contributed by atoms with van der Waals surface area (Å²) < 4.78 is 45.0. The third-order valence-corrected chi connectivity index (χ3v) is 8.15. The third-order valence-electron chi connectivity index (χ3n) is 8.15. The number of hydrogen-bond donors (Lipinski definition) is 0. The van der Waals surface area contributed by atoms with Crippen molar-refractivity contribution in [2.24, 2.45) is 10.8 Å². The van der Waals surface area contributed by atoms with Crippen molar-refractivity contribution in [2.75, 3.05) is 39.3 Å². The molecule has 34 heavy (non-hydrogen) atoms. The Morgan fingerprint density at radius 2 is 1.74 bits per heavy atom. The lowest BCUT2D eigenvalue weighted by Crippen LogP contribution is -2.75. The van der Waals surface area contributed by atoms with Gasteiger partial charge in [-0.1, -0.05) is 0 Å². The summed E-state index contributed by atoms with van der Waals surface area (Å²) in [6.07, 6.45) is 2.56. The molecule has 9 nitrogen and oxygen atoms in total. The van der Waals surface area contributed by atoms with Crippen molar-refractivity contribution in [1.29, 1.82) is 0 Å². The predicted octanol–water partition coefficient (Wildman–Crippen LogP) is 2.74. The molecule has 182 valence electrons. The molecule has 0 bridgehead atoms. The van der Waals surface area contributed by atoms with Crippen molar-refractivity contribution < 1.29 is 22.4 Å². The van der Waals surface area contributed by atoms with Gasteiger partial charge in [0.2, 0.25) is 5.89 Å². The van der Waals surface area contributed by atoms with Gasteiger partial charge in [-0.15, -0.1) is 0 Å². The van der Waals surface area contributed by atoms with Gasteiger partial charge in [-0.3, -0.25) is 4.90 Å². The standard InChI is InChI=1S/C22H26F3N7O2/c23-22(24,25)16-6-34-17(27-16)5-29-7-21(8-29)11-31(12-21)19(33)30-9-20(10-30)3-15(4-20)32-13-26-18(28-32)14-1-2-14/h6,13-15H,1-5,7-12H2. The highest BCUT2D eigenvalue weighted by atomic mass is 19.4. The maximum Gasteiger partial charge on any atom is 0.436 e. The lowest BCUT2D eigenvalue weighted by Gasteiger charge is -2.63. The maximum atomic E-state index is 12.8. The van der Waals surface area contributed by atoms with Crippen LogP contribution in [0.3, 0.4) is 0 Å². The largest absolute Gasteiger partial charge is 0.447 e. The number of halogens is 3. The first-order valence-corrected chi connectivity index (χ1v) is 11.9. The number of aromatic nitrogens is 4. The van der Waals surface area contributed by atoms with Gasteiger partial charge in [-0.2, -0.15) is 18.3 Å². The van der Waals surface area contributed by atoms with Crippen LogP contribution in [-0.4, -0.2) is 79.7 Å². The molecule has 2 amide bonds. The van der Waals surface area contributed by atoms with Gasteiger partial charge in [-0.05, 0) is 25.7 Å². The number of carbonyl (C=O) groups is 1. The monoisotopic (exact) mass is 477 g/mol. The van der Waals surface area contributed by atoms with E-state index in [4.69, 9.17) is 4.42 Å². The molecule has 3 aliphatic heterocycles. The average molecular weight is 477 g/mol. The molecule has 3 saturated heterocycles. The van der Waals surface area contributed by atoms with Crippen LogP contribution in [0.4, 0.5) is 18.0 Å². The first-order valence-electron chi connectivity index (χ1n) is 11.9. The summed E-state index contributed by atoms with van der Waals surface area (Å²) >= 11 is 0. The van der Waals surface area contributed by atoms with Crippen LogP contribution < -0.4 is 0 Å². The summed E-state index contributed by atoms with van der Waals surface area (Å²) in [6.45, 7) is 4.78. The lowest BCUT2D eigenvalue weighted by atomic mass is 9.60. The minimum atomic E-state index is -4.49. The first-order chi connectivity index (χ1) is 16.2. The van der Waals surface area contributed by atoms with Crippen molar-refractivity contribution in [3.05, 3.63) is 30.0 Å². The highest BCUT2D eigenvalue weighted by Crippen LogP contribution is 2.54. The third kappa shape index (κ3) is 3.32. The van der Waals surface area contributed by atoms with E-state index in [0.29, 0.717) is 31.3 Å². The molecule has 0 aromatic carbocycles. The van der Waals surface area contributed by atoms with Crippen LogP contribution in [0.1, 0.15) is 55.1 Å². The molecular weight excluding hydrogens is 451 g/mol. The zero-order valence-electron chi connectivity index (χ0n) is 18.7. The number of urea groups is 1. The zero-order valence-corrected chi connectivity index (χ0v) is 18.7. The van der Waals surface area contributed by atoms with Gasteiger partial charge in [-0.25, -0.2) is 19.4 Å². The summed E-state index contributed by atoms with van der Waals surface area (Å²) in [5.41, 5.74) is -0.689. The molecule has 7 rings (SSSR count). The summed E-state index contributed by atoms with van der Waals surface area (Å²) in [6, 6.07) is 0.513. The molecule has 2 saturated carbocycles. The van der Waals surface area contributed by atoms with Crippen molar-refractivity contribution in [2.45, 2.75) is 50.4 Å². The number of alkyl halides is 3. The van der Waals surface area contributed by atoms with Crippen LogP contribution in [-0.2, 0) is 12.7 Å². The molecule has 2 aromatic heterocycles. The van der Waals surface area contributed by atoms with E-state index in [9.17, 15) is 18.0 Å². The molecule has 2 aliphatic carbocycles. The molecule has 5 fully saturated rings. The Morgan fingerprint density at radius 3 is 2.35 bits per heavy atom. The normalized spacial score (nSPS) is 25.7. The highest BCUT2D eigenvalue weighted by Gasteiger charge is 2.58. The van der Waals surface area contributed by atoms with Gasteiger partial charge in [0, 0.05) is 56.0 Å². The number of carbonyl (C=O) groups excluding carboxylic acids is 1. The zero-order chi connectivity index (χ0) is 23.3.